The highest BCUT2D eigenvalue weighted by molar-refractivity contribution is 7.15. The highest BCUT2D eigenvalue weighted by Gasteiger charge is 2.06. The van der Waals surface area contributed by atoms with E-state index >= 15 is 0 Å². The van der Waals surface area contributed by atoms with Crippen LogP contribution in [-0.2, 0) is 6.54 Å². The van der Waals surface area contributed by atoms with Gasteiger partial charge in [-0.25, -0.2) is 0 Å². The monoisotopic (exact) mass is 200 g/mol. The molecule has 0 atom stereocenters. The number of aromatic nitrogens is 2. The number of hydrogen-bond acceptors (Lipinski definition) is 5. The Bertz CT molecular complexity index is 244. The molecule has 0 bridgehead atoms. The lowest BCUT2D eigenvalue weighted by atomic mass is 10.5. The molecule has 1 aromatic rings. The van der Waals surface area contributed by atoms with Crippen LogP contribution in [0, 0.1) is 0 Å². The second-order valence-electron chi connectivity index (χ2n) is 2.71. The van der Waals surface area contributed by atoms with E-state index in [-0.39, 0.29) is 0 Å². The summed E-state index contributed by atoms with van der Waals surface area (Å²) < 4.78 is 0. The van der Waals surface area contributed by atoms with E-state index in [1.54, 1.807) is 11.3 Å². The Morgan fingerprint density at radius 1 is 1.31 bits per heavy atom. The summed E-state index contributed by atoms with van der Waals surface area (Å²) in [5.41, 5.74) is 0. The van der Waals surface area contributed by atoms with E-state index in [1.165, 1.54) is 0 Å². The van der Waals surface area contributed by atoms with Gasteiger partial charge in [-0.2, -0.15) is 0 Å². The summed E-state index contributed by atoms with van der Waals surface area (Å²) in [5, 5.41) is 13.0. The standard InChI is InChI=1S/C8H16N4S/c1-4-12(5-2)6-7-10-11-8(9-3)13-7/h4-6H2,1-3H3,(H,9,11). The van der Waals surface area contributed by atoms with E-state index in [4.69, 9.17) is 0 Å². The Labute approximate surface area is 83.0 Å². The summed E-state index contributed by atoms with van der Waals surface area (Å²) in [7, 11) is 1.86. The molecular weight excluding hydrogens is 184 g/mol. The third kappa shape index (κ3) is 2.93. The smallest absolute Gasteiger partial charge is 0.205 e. The molecule has 0 aliphatic rings. The van der Waals surface area contributed by atoms with Gasteiger partial charge in [-0.3, -0.25) is 4.90 Å². The van der Waals surface area contributed by atoms with Crippen LogP contribution in [0.5, 0.6) is 0 Å². The fourth-order valence-corrected chi connectivity index (χ4v) is 1.79. The molecule has 0 aromatic carbocycles. The second-order valence-corrected chi connectivity index (χ2v) is 3.77. The summed E-state index contributed by atoms with van der Waals surface area (Å²) in [5.74, 6) is 0. The van der Waals surface area contributed by atoms with Gasteiger partial charge in [-0.1, -0.05) is 25.2 Å². The Kier molecular flexibility index (Phi) is 4.11. The maximum atomic E-state index is 4.09. The average molecular weight is 200 g/mol. The van der Waals surface area contributed by atoms with Crippen LogP contribution in [0.25, 0.3) is 0 Å². The molecule has 0 spiro atoms. The summed E-state index contributed by atoms with van der Waals surface area (Å²) in [6.07, 6.45) is 0. The summed E-state index contributed by atoms with van der Waals surface area (Å²) >= 11 is 1.62. The molecule has 0 unspecified atom stereocenters. The number of hydrogen-bond donors (Lipinski definition) is 1. The van der Waals surface area contributed by atoms with Crippen LogP contribution >= 0.6 is 11.3 Å². The van der Waals surface area contributed by atoms with Gasteiger partial charge in [0.2, 0.25) is 5.13 Å². The first-order valence-corrected chi connectivity index (χ1v) is 5.34. The van der Waals surface area contributed by atoms with Gasteiger partial charge in [0, 0.05) is 7.05 Å². The SMILES string of the molecule is CCN(CC)Cc1nnc(NC)s1. The van der Waals surface area contributed by atoms with Crippen LogP contribution in [0.1, 0.15) is 18.9 Å². The zero-order chi connectivity index (χ0) is 9.68. The van der Waals surface area contributed by atoms with E-state index in [2.05, 4.69) is 34.3 Å². The van der Waals surface area contributed by atoms with Crippen LogP contribution in [-0.4, -0.2) is 35.2 Å². The van der Waals surface area contributed by atoms with Gasteiger partial charge in [0.05, 0.1) is 6.54 Å². The maximum absolute atomic E-state index is 4.09. The molecule has 1 heterocycles. The lowest BCUT2D eigenvalue weighted by Crippen LogP contribution is -2.21. The minimum Gasteiger partial charge on any atom is -0.363 e. The third-order valence-corrected chi connectivity index (χ3v) is 2.86. The van der Waals surface area contributed by atoms with Crippen LogP contribution in [0.15, 0.2) is 0 Å². The first-order valence-electron chi connectivity index (χ1n) is 4.52. The minimum atomic E-state index is 0.891. The summed E-state index contributed by atoms with van der Waals surface area (Å²) in [4.78, 5) is 2.32. The molecule has 0 amide bonds. The van der Waals surface area contributed by atoms with Crippen molar-refractivity contribution in [2.75, 3.05) is 25.5 Å². The fourth-order valence-electron chi connectivity index (χ4n) is 1.06. The first-order chi connectivity index (χ1) is 6.30. The lowest BCUT2D eigenvalue weighted by Gasteiger charge is -2.15. The Morgan fingerprint density at radius 3 is 2.46 bits per heavy atom. The molecule has 0 saturated carbocycles. The molecule has 0 aliphatic heterocycles. The van der Waals surface area contributed by atoms with Crippen molar-refractivity contribution in [1.82, 2.24) is 15.1 Å². The van der Waals surface area contributed by atoms with Crippen molar-refractivity contribution < 1.29 is 0 Å². The molecule has 4 nitrogen and oxygen atoms in total. The topological polar surface area (TPSA) is 41.1 Å². The maximum Gasteiger partial charge on any atom is 0.205 e. The molecule has 0 saturated heterocycles. The van der Waals surface area contributed by atoms with Gasteiger partial charge in [0.1, 0.15) is 5.01 Å². The zero-order valence-corrected chi connectivity index (χ0v) is 9.19. The Hall–Kier alpha value is -0.680. The van der Waals surface area contributed by atoms with E-state index in [0.29, 0.717) is 0 Å². The molecule has 5 heteroatoms. The minimum absolute atomic E-state index is 0.891. The average Bonchev–Trinajstić information content (AvgIpc) is 2.61. The van der Waals surface area contributed by atoms with Crippen molar-refractivity contribution in [3.63, 3.8) is 0 Å². The van der Waals surface area contributed by atoms with Crippen molar-refractivity contribution in [2.45, 2.75) is 20.4 Å². The molecule has 0 aliphatic carbocycles. The number of rotatable bonds is 5. The number of nitrogens with zero attached hydrogens (tertiary/aromatic N) is 3. The van der Waals surface area contributed by atoms with Gasteiger partial charge in [-0.15, -0.1) is 10.2 Å². The highest BCUT2D eigenvalue weighted by atomic mass is 32.1. The molecule has 1 N–H and O–H groups in total. The Balaban J connectivity index is 2.52. The number of anilines is 1. The van der Waals surface area contributed by atoms with Gasteiger partial charge < -0.3 is 5.32 Å². The highest BCUT2D eigenvalue weighted by Crippen LogP contribution is 2.15. The van der Waals surface area contributed by atoms with Crippen LogP contribution in [0.3, 0.4) is 0 Å². The van der Waals surface area contributed by atoms with E-state index < -0.39 is 0 Å². The zero-order valence-electron chi connectivity index (χ0n) is 8.37. The molecule has 13 heavy (non-hydrogen) atoms. The quantitative estimate of drug-likeness (QED) is 0.780. The van der Waals surface area contributed by atoms with Crippen molar-refractivity contribution in [1.29, 1.82) is 0 Å². The molecule has 1 rings (SSSR count). The summed E-state index contributed by atoms with van der Waals surface area (Å²) in [6, 6.07) is 0. The van der Waals surface area contributed by atoms with E-state index in [1.807, 2.05) is 7.05 Å². The van der Waals surface area contributed by atoms with Crippen molar-refractivity contribution in [3.05, 3.63) is 5.01 Å². The molecule has 1 aromatic heterocycles. The van der Waals surface area contributed by atoms with Crippen LogP contribution in [0.4, 0.5) is 5.13 Å². The third-order valence-electron chi connectivity index (χ3n) is 1.93. The normalized spacial score (nSPS) is 10.8. The van der Waals surface area contributed by atoms with Gasteiger partial charge in [0.15, 0.2) is 0 Å². The van der Waals surface area contributed by atoms with Gasteiger partial charge in [-0.05, 0) is 13.1 Å². The van der Waals surface area contributed by atoms with Crippen LogP contribution < -0.4 is 5.32 Å². The fraction of sp³-hybridized carbons (Fsp3) is 0.750. The van der Waals surface area contributed by atoms with Gasteiger partial charge >= 0.3 is 0 Å². The van der Waals surface area contributed by atoms with Crippen LogP contribution in [0.2, 0.25) is 0 Å². The molecular formula is C8H16N4S. The van der Waals surface area contributed by atoms with Crippen molar-refractivity contribution in [3.8, 4) is 0 Å². The lowest BCUT2D eigenvalue weighted by molar-refractivity contribution is 0.294. The number of nitrogens with one attached hydrogen (secondary N) is 1. The summed E-state index contributed by atoms with van der Waals surface area (Å²) in [6.45, 7) is 7.34. The van der Waals surface area contributed by atoms with Gasteiger partial charge in [0.25, 0.3) is 0 Å². The predicted octanol–water partition coefficient (Wildman–Crippen LogP) is 1.42. The first kappa shape index (κ1) is 10.4. The molecule has 0 radical (unpaired) electrons. The van der Waals surface area contributed by atoms with Crippen molar-refractivity contribution in [2.24, 2.45) is 0 Å². The molecule has 0 fully saturated rings. The predicted molar refractivity (Wildman–Crippen MR) is 56.1 cm³/mol. The second kappa shape index (κ2) is 5.14. The largest absolute Gasteiger partial charge is 0.363 e. The van der Waals surface area contributed by atoms with E-state index in [9.17, 15) is 0 Å². The Morgan fingerprint density at radius 2 is 2.00 bits per heavy atom. The van der Waals surface area contributed by atoms with E-state index in [0.717, 1.165) is 29.8 Å². The van der Waals surface area contributed by atoms with Crippen molar-refractivity contribution >= 4 is 16.5 Å². The molecule has 74 valence electrons.